The number of benzene rings is 2. The van der Waals surface area contributed by atoms with Gasteiger partial charge in [0.05, 0.1) is 19.0 Å². The SMILES string of the molecule is CCN(CC)c1ccc(Nc2cnnc(Nc3cc(C)ccc3OC)n2)c(C)c1. The molecule has 0 amide bonds. The number of anilines is 5. The van der Waals surface area contributed by atoms with Crippen molar-refractivity contribution in [1.29, 1.82) is 0 Å². The van der Waals surface area contributed by atoms with Gasteiger partial charge in [-0.25, -0.2) is 0 Å². The zero-order valence-electron chi connectivity index (χ0n) is 17.7. The van der Waals surface area contributed by atoms with Gasteiger partial charge in [-0.3, -0.25) is 0 Å². The lowest BCUT2D eigenvalue weighted by Gasteiger charge is -2.22. The van der Waals surface area contributed by atoms with E-state index in [9.17, 15) is 0 Å². The maximum Gasteiger partial charge on any atom is 0.249 e. The monoisotopic (exact) mass is 392 g/mol. The van der Waals surface area contributed by atoms with Gasteiger partial charge >= 0.3 is 0 Å². The number of aromatic nitrogens is 3. The molecule has 0 atom stereocenters. The van der Waals surface area contributed by atoms with Crippen LogP contribution in [-0.4, -0.2) is 35.4 Å². The van der Waals surface area contributed by atoms with Crippen molar-refractivity contribution >= 4 is 28.8 Å². The number of nitrogens with one attached hydrogen (secondary N) is 2. The molecule has 1 heterocycles. The summed E-state index contributed by atoms with van der Waals surface area (Å²) < 4.78 is 5.41. The summed E-state index contributed by atoms with van der Waals surface area (Å²) in [5.74, 6) is 1.74. The Bertz CT molecular complexity index is 971. The van der Waals surface area contributed by atoms with Gasteiger partial charge in [0.25, 0.3) is 0 Å². The van der Waals surface area contributed by atoms with E-state index in [1.165, 1.54) is 5.69 Å². The molecule has 0 aliphatic rings. The second-order valence-electron chi connectivity index (χ2n) is 6.79. The largest absolute Gasteiger partial charge is 0.495 e. The number of nitrogens with zero attached hydrogens (tertiary/aromatic N) is 4. The lowest BCUT2D eigenvalue weighted by molar-refractivity contribution is 0.416. The van der Waals surface area contributed by atoms with E-state index >= 15 is 0 Å². The van der Waals surface area contributed by atoms with E-state index in [0.29, 0.717) is 11.8 Å². The molecule has 0 saturated carbocycles. The van der Waals surface area contributed by atoms with Crippen molar-refractivity contribution in [2.45, 2.75) is 27.7 Å². The fourth-order valence-electron chi connectivity index (χ4n) is 3.17. The van der Waals surface area contributed by atoms with Crippen molar-refractivity contribution in [3.8, 4) is 5.75 Å². The Morgan fingerprint density at radius 2 is 1.76 bits per heavy atom. The minimum Gasteiger partial charge on any atom is -0.495 e. The van der Waals surface area contributed by atoms with Crippen LogP contribution in [0.4, 0.5) is 28.8 Å². The summed E-state index contributed by atoms with van der Waals surface area (Å²) in [5.41, 5.74) is 5.25. The highest BCUT2D eigenvalue weighted by Crippen LogP contribution is 2.28. The third-order valence-corrected chi connectivity index (χ3v) is 4.76. The number of hydrogen-bond acceptors (Lipinski definition) is 7. The minimum atomic E-state index is 0.399. The van der Waals surface area contributed by atoms with Crippen LogP contribution in [0.3, 0.4) is 0 Å². The summed E-state index contributed by atoms with van der Waals surface area (Å²) in [6.07, 6.45) is 1.61. The van der Waals surface area contributed by atoms with E-state index in [4.69, 9.17) is 4.74 Å². The summed E-state index contributed by atoms with van der Waals surface area (Å²) in [5, 5.41) is 14.7. The van der Waals surface area contributed by atoms with Crippen LogP contribution in [0.25, 0.3) is 0 Å². The first-order valence-corrected chi connectivity index (χ1v) is 9.78. The summed E-state index contributed by atoms with van der Waals surface area (Å²) in [4.78, 5) is 6.86. The molecule has 0 saturated heterocycles. The Balaban J connectivity index is 1.79. The molecular formula is C22H28N6O. The minimum absolute atomic E-state index is 0.399. The number of rotatable bonds is 8. The van der Waals surface area contributed by atoms with E-state index in [2.05, 4.69) is 69.7 Å². The van der Waals surface area contributed by atoms with E-state index in [-0.39, 0.29) is 0 Å². The first-order valence-electron chi connectivity index (χ1n) is 9.78. The van der Waals surface area contributed by atoms with Gasteiger partial charge < -0.3 is 20.3 Å². The van der Waals surface area contributed by atoms with E-state index in [1.54, 1.807) is 13.3 Å². The molecule has 2 aromatic carbocycles. The molecule has 7 heteroatoms. The van der Waals surface area contributed by atoms with Crippen molar-refractivity contribution in [2.75, 3.05) is 35.7 Å². The van der Waals surface area contributed by atoms with Crippen molar-refractivity contribution in [3.63, 3.8) is 0 Å². The molecule has 0 spiro atoms. The van der Waals surface area contributed by atoms with Crippen LogP contribution in [0.1, 0.15) is 25.0 Å². The summed E-state index contributed by atoms with van der Waals surface area (Å²) in [6.45, 7) is 10.4. The van der Waals surface area contributed by atoms with Gasteiger partial charge in [0.2, 0.25) is 5.95 Å². The van der Waals surface area contributed by atoms with Gasteiger partial charge in [0.1, 0.15) is 5.75 Å². The van der Waals surface area contributed by atoms with Gasteiger partial charge in [-0.1, -0.05) is 6.07 Å². The van der Waals surface area contributed by atoms with Crippen LogP contribution in [0.5, 0.6) is 5.75 Å². The summed E-state index contributed by atoms with van der Waals surface area (Å²) >= 11 is 0. The number of aryl methyl sites for hydroxylation is 2. The second kappa shape index (κ2) is 9.23. The predicted molar refractivity (Wildman–Crippen MR) is 119 cm³/mol. The third-order valence-electron chi connectivity index (χ3n) is 4.76. The molecule has 0 unspecified atom stereocenters. The number of hydrogen-bond donors (Lipinski definition) is 2. The maximum absolute atomic E-state index is 5.41. The summed E-state index contributed by atoms with van der Waals surface area (Å²) in [7, 11) is 1.64. The van der Waals surface area contributed by atoms with E-state index < -0.39 is 0 Å². The first kappa shape index (κ1) is 20.4. The van der Waals surface area contributed by atoms with E-state index in [0.717, 1.165) is 41.3 Å². The number of ether oxygens (including phenoxy) is 1. The van der Waals surface area contributed by atoms with Crippen LogP contribution in [0.2, 0.25) is 0 Å². The molecule has 152 valence electrons. The van der Waals surface area contributed by atoms with Crippen molar-refractivity contribution < 1.29 is 4.74 Å². The molecule has 0 fully saturated rings. The van der Waals surface area contributed by atoms with Gasteiger partial charge in [-0.2, -0.15) is 10.1 Å². The van der Waals surface area contributed by atoms with Crippen LogP contribution in [0, 0.1) is 13.8 Å². The zero-order valence-corrected chi connectivity index (χ0v) is 17.7. The van der Waals surface area contributed by atoms with Crippen LogP contribution in [-0.2, 0) is 0 Å². The lowest BCUT2D eigenvalue weighted by Crippen LogP contribution is -2.21. The average molecular weight is 393 g/mol. The molecule has 7 nitrogen and oxygen atoms in total. The average Bonchev–Trinajstić information content (AvgIpc) is 2.71. The lowest BCUT2D eigenvalue weighted by atomic mass is 10.1. The highest BCUT2D eigenvalue weighted by atomic mass is 16.5. The Morgan fingerprint density at radius 3 is 2.45 bits per heavy atom. The second-order valence-corrected chi connectivity index (χ2v) is 6.79. The molecule has 29 heavy (non-hydrogen) atoms. The van der Waals surface area contributed by atoms with Crippen LogP contribution in [0.15, 0.2) is 42.6 Å². The molecule has 2 N–H and O–H groups in total. The molecule has 1 aromatic heterocycles. The zero-order chi connectivity index (χ0) is 20.8. The quantitative estimate of drug-likeness (QED) is 0.568. The molecule has 0 bridgehead atoms. The molecule has 3 aromatic rings. The summed E-state index contributed by atoms with van der Waals surface area (Å²) in [6, 6.07) is 12.3. The standard InChI is InChI=1S/C22H28N6O/c1-6-28(7-2)17-9-10-18(16(4)13-17)24-21-14-23-27-22(26-21)25-19-12-15(3)8-11-20(19)29-5/h8-14H,6-7H2,1-5H3,(H2,24,25,26,27). The van der Waals surface area contributed by atoms with Gasteiger partial charge in [0, 0.05) is 24.5 Å². The van der Waals surface area contributed by atoms with Gasteiger partial charge in [-0.15, -0.1) is 5.10 Å². The highest BCUT2D eigenvalue weighted by molar-refractivity contribution is 5.67. The fourth-order valence-corrected chi connectivity index (χ4v) is 3.17. The van der Waals surface area contributed by atoms with Crippen LogP contribution >= 0.6 is 0 Å². The molecule has 0 aliphatic carbocycles. The molecule has 0 aliphatic heterocycles. The van der Waals surface area contributed by atoms with Gasteiger partial charge in [0.15, 0.2) is 5.82 Å². The van der Waals surface area contributed by atoms with Crippen LogP contribution < -0.4 is 20.3 Å². The van der Waals surface area contributed by atoms with E-state index in [1.807, 2.05) is 25.1 Å². The normalized spacial score (nSPS) is 10.5. The first-order chi connectivity index (χ1) is 14.0. The smallest absolute Gasteiger partial charge is 0.249 e. The van der Waals surface area contributed by atoms with Crippen molar-refractivity contribution in [2.24, 2.45) is 0 Å². The van der Waals surface area contributed by atoms with Gasteiger partial charge in [-0.05, 0) is 69.2 Å². The molecule has 0 radical (unpaired) electrons. The third kappa shape index (κ3) is 4.93. The fraction of sp³-hybridized carbons (Fsp3) is 0.318. The Kier molecular flexibility index (Phi) is 6.49. The Morgan fingerprint density at radius 1 is 0.966 bits per heavy atom. The molecular weight excluding hydrogens is 364 g/mol. The topological polar surface area (TPSA) is 75.2 Å². The van der Waals surface area contributed by atoms with Crippen molar-refractivity contribution in [1.82, 2.24) is 15.2 Å². The maximum atomic E-state index is 5.41. The Hall–Kier alpha value is -3.35. The Labute approximate surface area is 172 Å². The van der Waals surface area contributed by atoms with Crippen molar-refractivity contribution in [3.05, 3.63) is 53.7 Å². The predicted octanol–water partition coefficient (Wildman–Crippen LogP) is 4.83. The number of methoxy groups -OCH3 is 1. The highest BCUT2D eigenvalue weighted by Gasteiger charge is 2.09. The molecule has 3 rings (SSSR count).